The van der Waals surface area contributed by atoms with E-state index in [0.717, 1.165) is 17.1 Å². The van der Waals surface area contributed by atoms with E-state index in [4.69, 9.17) is 19.3 Å². The van der Waals surface area contributed by atoms with E-state index in [1.165, 1.54) is 0 Å². The zero-order valence-corrected chi connectivity index (χ0v) is 14.4. The number of hydrogen-bond donors (Lipinski definition) is 2. The number of allylic oxidation sites excluding steroid dienone is 1. The normalized spacial score (nSPS) is 11.3. The zero-order valence-electron chi connectivity index (χ0n) is 14.4. The van der Waals surface area contributed by atoms with Crippen LogP contribution in [0.15, 0.2) is 30.9 Å². The third kappa shape index (κ3) is 7.50. The quantitative estimate of drug-likeness (QED) is 0.352. The largest absolute Gasteiger partial charge is 0.491 e. The molecule has 0 fully saturated rings. The average Bonchev–Trinajstić information content (AvgIpc) is 2.50. The van der Waals surface area contributed by atoms with Gasteiger partial charge in [-0.3, -0.25) is 5.32 Å². The van der Waals surface area contributed by atoms with E-state index in [2.05, 4.69) is 11.9 Å². The van der Waals surface area contributed by atoms with E-state index in [1.807, 2.05) is 38.1 Å². The van der Waals surface area contributed by atoms with Gasteiger partial charge in [-0.05, 0) is 44.9 Å². The van der Waals surface area contributed by atoms with Crippen LogP contribution in [0.3, 0.4) is 0 Å². The van der Waals surface area contributed by atoms with Gasteiger partial charge in [-0.2, -0.15) is 0 Å². The second-order valence-corrected chi connectivity index (χ2v) is 5.72. The van der Waals surface area contributed by atoms with Gasteiger partial charge in [0.25, 0.3) is 0 Å². The molecule has 0 saturated heterocycles. The molecule has 0 aromatic heterocycles. The van der Waals surface area contributed by atoms with Crippen molar-refractivity contribution >= 4 is 0 Å². The maximum atomic E-state index is 8.87. The van der Waals surface area contributed by atoms with Gasteiger partial charge in [0.15, 0.2) is 5.72 Å². The van der Waals surface area contributed by atoms with Crippen LogP contribution in [-0.4, -0.2) is 44.3 Å². The molecule has 1 rings (SSSR count). The summed E-state index contributed by atoms with van der Waals surface area (Å²) >= 11 is 0. The van der Waals surface area contributed by atoms with Crippen molar-refractivity contribution in [1.29, 1.82) is 0 Å². The summed E-state index contributed by atoms with van der Waals surface area (Å²) in [5.74, 6) is 1.59. The Bertz CT molecular complexity index is 474. The van der Waals surface area contributed by atoms with Crippen LogP contribution in [0.1, 0.15) is 25.8 Å². The fraction of sp³-hybridized carbons (Fsp3) is 0.556. The minimum absolute atomic E-state index is 0.165. The number of methoxy groups -OCH3 is 1. The first kappa shape index (κ1) is 19.5. The number of benzene rings is 1. The Labute approximate surface area is 139 Å². The molecule has 0 spiro atoms. The summed E-state index contributed by atoms with van der Waals surface area (Å²) in [7, 11) is 1.65. The first-order valence-electron chi connectivity index (χ1n) is 7.93. The van der Waals surface area contributed by atoms with Gasteiger partial charge in [0, 0.05) is 25.8 Å². The van der Waals surface area contributed by atoms with E-state index in [1.54, 1.807) is 7.11 Å². The Kier molecular flexibility index (Phi) is 8.69. The van der Waals surface area contributed by atoms with Gasteiger partial charge >= 0.3 is 0 Å². The highest BCUT2D eigenvalue weighted by Crippen LogP contribution is 2.27. The summed E-state index contributed by atoms with van der Waals surface area (Å²) < 4.78 is 16.7. The van der Waals surface area contributed by atoms with Gasteiger partial charge in [-0.15, -0.1) is 6.58 Å². The van der Waals surface area contributed by atoms with Crippen LogP contribution in [0, 0.1) is 0 Å². The van der Waals surface area contributed by atoms with Crippen molar-refractivity contribution in [2.45, 2.75) is 32.4 Å². The Morgan fingerprint density at radius 1 is 1.30 bits per heavy atom. The highest BCUT2D eigenvalue weighted by Gasteiger charge is 2.20. The predicted octanol–water partition coefficient (Wildman–Crippen LogP) is 2.53. The molecule has 130 valence electrons. The zero-order chi connectivity index (χ0) is 17.1. The van der Waals surface area contributed by atoms with Crippen LogP contribution >= 0.6 is 0 Å². The van der Waals surface area contributed by atoms with E-state index >= 15 is 0 Å². The molecule has 0 aliphatic carbocycles. The highest BCUT2D eigenvalue weighted by molar-refractivity contribution is 5.41. The van der Waals surface area contributed by atoms with Crippen molar-refractivity contribution in [1.82, 2.24) is 5.32 Å². The molecule has 0 amide bonds. The topological polar surface area (TPSA) is 60.0 Å². The van der Waals surface area contributed by atoms with Gasteiger partial charge < -0.3 is 19.3 Å². The van der Waals surface area contributed by atoms with E-state index in [0.29, 0.717) is 32.6 Å². The second kappa shape index (κ2) is 10.3. The van der Waals surface area contributed by atoms with E-state index < -0.39 is 5.72 Å². The standard InChI is InChI=1S/C18H29NO4/c1-5-7-15-14-16(22-13-12-21-4)8-9-17(15)23-18(2,3)19-10-6-11-20/h5,8-9,14,19-20H,1,6-7,10-13H2,2-4H3. The van der Waals surface area contributed by atoms with Crippen LogP contribution in [0.4, 0.5) is 0 Å². The Morgan fingerprint density at radius 3 is 2.74 bits per heavy atom. The average molecular weight is 323 g/mol. The molecule has 0 radical (unpaired) electrons. The smallest absolute Gasteiger partial charge is 0.155 e. The van der Waals surface area contributed by atoms with Gasteiger partial charge in [-0.1, -0.05) is 6.08 Å². The Balaban J connectivity index is 2.77. The molecule has 0 unspecified atom stereocenters. The van der Waals surface area contributed by atoms with Crippen molar-refractivity contribution < 1.29 is 19.3 Å². The molecular formula is C18H29NO4. The van der Waals surface area contributed by atoms with E-state index in [9.17, 15) is 0 Å². The third-order valence-corrected chi connectivity index (χ3v) is 3.20. The van der Waals surface area contributed by atoms with Crippen LogP contribution < -0.4 is 14.8 Å². The first-order valence-corrected chi connectivity index (χ1v) is 7.93. The number of ether oxygens (including phenoxy) is 3. The Hall–Kier alpha value is -1.56. The molecule has 1 aromatic carbocycles. The molecule has 0 atom stereocenters. The van der Waals surface area contributed by atoms with E-state index in [-0.39, 0.29) is 6.61 Å². The SMILES string of the molecule is C=CCc1cc(OCCOC)ccc1OC(C)(C)NCCCO. The summed E-state index contributed by atoms with van der Waals surface area (Å²) in [5.41, 5.74) is 0.496. The maximum absolute atomic E-state index is 8.87. The summed E-state index contributed by atoms with van der Waals surface area (Å²) in [4.78, 5) is 0. The maximum Gasteiger partial charge on any atom is 0.155 e. The summed E-state index contributed by atoms with van der Waals surface area (Å²) in [6.07, 6.45) is 3.23. The van der Waals surface area contributed by atoms with Gasteiger partial charge in [-0.25, -0.2) is 0 Å². The summed E-state index contributed by atoms with van der Waals surface area (Å²) in [6.45, 7) is 9.65. The van der Waals surface area contributed by atoms with Gasteiger partial charge in [0.2, 0.25) is 0 Å². The number of aliphatic hydroxyl groups is 1. The molecule has 0 bridgehead atoms. The molecule has 1 aromatic rings. The second-order valence-electron chi connectivity index (χ2n) is 5.72. The molecule has 0 heterocycles. The fourth-order valence-electron chi connectivity index (χ4n) is 2.08. The van der Waals surface area contributed by atoms with Crippen molar-refractivity contribution in [2.75, 3.05) is 33.5 Å². The number of nitrogens with one attached hydrogen (secondary N) is 1. The van der Waals surface area contributed by atoms with Crippen LogP contribution in [0.25, 0.3) is 0 Å². The third-order valence-electron chi connectivity index (χ3n) is 3.20. The molecule has 0 saturated carbocycles. The Morgan fingerprint density at radius 2 is 2.09 bits per heavy atom. The lowest BCUT2D eigenvalue weighted by Gasteiger charge is -2.29. The lowest BCUT2D eigenvalue weighted by Crippen LogP contribution is -2.45. The van der Waals surface area contributed by atoms with Crippen LogP contribution in [0.2, 0.25) is 0 Å². The lowest BCUT2D eigenvalue weighted by atomic mass is 10.1. The number of rotatable bonds is 12. The van der Waals surface area contributed by atoms with Gasteiger partial charge in [0.1, 0.15) is 18.1 Å². The summed E-state index contributed by atoms with van der Waals surface area (Å²) in [6, 6.07) is 5.77. The minimum atomic E-state index is -0.524. The molecule has 0 aliphatic rings. The van der Waals surface area contributed by atoms with Crippen molar-refractivity contribution in [2.24, 2.45) is 0 Å². The molecule has 5 nitrogen and oxygen atoms in total. The van der Waals surface area contributed by atoms with Crippen molar-refractivity contribution in [3.05, 3.63) is 36.4 Å². The van der Waals surface area contributed by atoms with Crippen LogP contribution in [0.5, 0.6) is 11.5 Å². The minimum Gasteiger partial charge on any atom is -0.491 e. The van der Waals surface area contributed by atoms with Crippen molar-refractivity contribution in [3.8, 4) is 11.5 Å². The van der Waals surface area contributed by atoms with Crippen LogP contribution in [-0.2, 0) is 11.2 Å². The molecular weight excluding hydrogens is 294 g/mol. The predicted molar refractivity (Wildman–Crippen MR) is 92.1 cm³/mol. The molecule has 23 heavy (non-hydrogen) atoms. The monoisotopic (exact) mass is 323 g/mol. The number of hydrogen-bond acceptors (Lipinski definition) is 5. The molecule has 2 N–H and O–H groups in total. The molecule has 0 aliphatic heterocycles. The summed E-state index contributed by atoms with van der Waals surface area (Å²) in [5, 5.41) is 12.1. The number of aliphatic hydroxyl groups excluding tert-OH is 1. The lowest BCUT2D eigenvalue weighted by molar-refractivity contribution is 0.0686. The first-order chi connectivity index (χ1) is 11.0. The van der Waals surface area contributed by atoms with Crippen molar-refractivity contribution in [3.63, 3.8) is 0 Å². The fourth-order valence-corrected chi connectivity index (χ4v) is 2.08. The highest BCUT2D eigenvalue weighted by atomic mass is 16.5. The van der Waals surface area contributed by atoms with Gasteiger partial charge in [0.05, 0.1) is 6.61 Å². The molecule has 5 heteroatoms.